The Morgan fingerprint density at radius 3 is 1.96 bits per heavy atom. The number of hydrogen-bond acceptors (Lipinski definition) is 6. The molecule has 8 nitrogen and oxygen atoms in total. The summed E-state index contributed by atoms with van der Waals surface area (Å²) in [5.41, 5.74) is 2.01. The summed E-state index contributed by atoms with van der Waals surface area (Å²) in [5.74, 6) is 0. The van der Waals surface area contributed by atoms with Gasteiger partial charge in [0.2, 0.25) is 0 Å². The molecule has 0 N–H and O–H groups in total. The molecule has 1 aliphatic heterocycles. The SMILES string of the molecule is Brc1ccc2nncn2c1.CC1(C)OB(c2ccc3nncn3c2)OC1(C)C. The van der Waals surface area contributed by atoms with Crippen molar-refractivity contribution < 1.29 is 9.31 Å². The molecule has 10 heteroatoms. The van der Waals surface area contributed by atoms with Crippen LogP contribution in [0.2, 0.25) is 0 Å². The lowest BCUT2D eigenvalue weighted by Crippen LogP contribution is -2.41. The molecule has 1 aliphatic rings. The van der Waals surface area contributed by atoms with Crippen molar-refractivity contribution in [2.24, 2.45) is 0 Å². The Bertz CT molecular complexity index is 1110. The molecule has 5 rings (SSSR count). The van der Waals surface area contributed by atoms with Crippen LogP contribution in [0.5, 0.6) is 0 Å². The zero-order valence-corrected chi connectivity index (χ0v) is 17.7. The first-order valence-electron chi connectivity index (χ1n) is 8.85. The molecule has 1 fully saturated rings. The summed E-state index contributed by atoms with van der Waals surface area (Å²) >= 11 is 3.34. The second-order valence-electron chi connectivity index (χ2n) is 7.59. The topological polar surface area (TPSA) is 78.8 Å². The lowest BCUT2D eigenvalue weighted by atomic mass is 9.80. The summed E-state index contributed by atoms with van der Waals surface area (Å²) < 4.78 is 16.7. The summed E-state index contributed by atoms with van der Waals surface area (Å²) in [7, 11) is -0.346. The Hall–Kier alpha value is -2.30. The van der Waals surface area contributed by atoms with E-state index in [1.165, 1.54) is 0 Å². The average Bonchev–Trinajstić information content (AvgIpc) is 3.32. The molecule has 0 spiro atoms. The van der Waals surface area contributed by atoms with Crippen LogP contribution in [-0.4, -0.2) is 47.5 Å². The lowest BCUT2D eigenvalue weighted by Gasteiger charge is -2.32. The standard InChI is InChI=1S/C12H16BN3O2.C6H4BrN3/c1-11(2)12(3,4)18-13(17-11)9-5-6-10-15-14-8-16(10)7-9;7-5-1-2-6-9-8-4-10(6)3-5/h5-8H,1-4H3;1-4H. The van der Waals surface area contributed by atoms with Gasteiger partial charge in [-0.2, -0.15) is 0 Å². The molecule has 144 valence electrons. The highest BCUT2D eigenvalue weighted by molar-refractivity contribution is 9.10. The molecule has 28 heavy (non-hydrogen) atoms. The summed E-state index contributed by atoms with van der Waals surface area (Å²) in [6.45, 7) is 8.18. The third kappa shape index (κ3) is 3.55. The van der Waals surface area contributed by atoms with Crippen LogP contribution in [0.4, 0.5) is 0 Å². The molecule has 0 atom stereocenters. The van der Waals surface area contributed by atoms with Crippen LogP contribution in [0.3, 0.4) is 0 Å². The lowest BCUT2D eigenvalue weighted by molar-refractivity contribution is 0.00578. The number of halogens is 1. The fraction of sp³-hybridized carbons (Fsp3) is 0.333. The van der Waals surface area contributed by atoms with Crippen LogP contribution in [0.25, 0.3) is 11.3 Å². The smallest absolute Gasteiger partial charge is 0.399 e. The second kappa shape index (κ2) is 6.95. The third-order valence-electron chi connectivity index (χ3n) is 5.09. The highest BCUT2D eigenvalue weighted by atomic mass is 79.9. The van der Waals surface area contributed by atoms with E-state index in [4.69, 9.17) is 9.31 Å². The number of aromatic nitrogens is 6. The maximum atomic E-state index is 6.00. The predicted molar refractivity (Wildman–Crippen MR) is 109 cm³/mol. The van der Waals surface area contributed by atoms with Gasteiger partial charge < -0.3 is 9.31 Å². The van der Waals surface area contributed by atoms with E-state index in [0.717, 1.165) is 21.2 Å². The van der Waals surface area contributed by atoms with Crippen molar-refractivity contribution in [3.8, 4) is 0 Å². The van der Waals surface area contributed by atoms with Gasteiger partial charge in [-0.05, 0) is 67.3 Å². The molecule has 0 aliphatic carbocycles. The molecule has 4 aromatic heterocycles. The zero-order valence-electron chi connectivity index (χ0n) is 16.1. The molecule has 0 aromatic carbocycles. The van der Waals surface area contributed by atoms with E-state index < -0.39 is 0 Å². The summed E-state index contributed by atoms with van der Waals surface area (Å²) in [6.07, 6.45) is 7.19. The van der Waals surface area contributed by atoms with E-state index in [9.17, 15) is 0 Å². The van der Waals surface area contributed by atoms with Crippen LogP contribution in [0.15, 0.2) is 53.8 Å². The van der Waals surface area contributed by atoms with Crippen molar-refractivity contribution in [2.45, 2.75) is 38.9 Å². The minimum atomic E-state index is -0.346. The summed E-state index contributed by atoms with van der Waals surface area (Å²) in [4.78, 5) is 0. The van der Waals surface area contributed by atoms with Crippen LogP contribution < -0.4 is 5.46 Å². The van der Waals surface area contributed by atoms with Crippen molar-refractivity contribution >= 4 is 39.8 Å². The van der Waals surface area contributed by atoms with Gasteiger partial charge in [-0.3, -0.25) is 8.80 Å². The Labute approximate surface area is 171 Å². The number of pyridine rings is 2. The Kier molecular flexibility index (Phi) is 4.72. The molecule has 4 aromatic rings. The summed E-state index contributed by atoms with van der Waals surface area (Å²) in [6, 6.07) is 7.71. The largest absolute Gasteiger partial charge is 0.496 e. The van der Waals surface area contributed by atoms with Crippen molar-refractivity contribution in [1.29, 1.82) is 0 Å². The molecule has 5 heterocycles. The van der Waals surface area contributed by atoms with E-state index in [0.29, 0.717) is 0 Å². The van der Waals surface area contributed by atoms with Gasteiger partial charge in [-0.25, -0.2) is 0 Å². The molecule has 0 bridgehead atoms. The van der Waals surface area contributed by atoms with Gasteiger partial charge >= 0.3 is 7.12 Å². The van der Waals surface area contributed by atoms with Crippen molar-refractivity contribution in [1.82, 2.24) is 29.2 Å². The highest BCUT2D eigenvalue weighted by Gasteiger charge is 2.51. The maximum Gasteiger partial charge on any atom is 0.496 e. The van der Waals surface area contributed by atoms with E-state index in [-0.39, 0.29) is 18.3 Å². The fourth-order valence-corrected chi connectivity index (χ4v) is 3.12. The van der Waals surface area contributed by atoms with Gasteiger partial charge in [0.15, 0.2) is 11.3 Å². The van der Waals surface area contributed by atoms with Crippen LogP contribution >= 0.6 is 15.9 Å². The van der Waals surface area contributed by atoms with Gasteiger partial charge in [-0.1, -0.05) is 6.07 Å². The zero-order chi connectivity index (χ0) is 19.9. The van der Waals surface area contributed by atoms with Crippen molar-refractivity contribution in [3.63, 3.8) is 0 Å². The van der Waals surface area contributed by atoms with Crippen molar-refractivity contribution in [3.05, 3.63) is 53.8 Å². The minimum absolute atomic E-state index is 0.320. The molecule has 0 radical (unpaired) electrons. The van der Waals surface area contributed by atoms with Crippen LogP contribution in [-0.2, 0) is 9.31 Å². The van der Waals surface area contributed by atoms with Gasteiger partial charge in [0.05, 0.1) is 11.2 Å². The van der Waals surface area contributed by atoms with E-state index >= 15 is 0 Å². The predicted octanol–water partition coefficient (Wildman–Crippen LogP) is 2.52. The van der Waals surface area contributed by atoms with Gasteiger partial charge in [0.25, 0.3) is 0 Å². The number of fused-ring (bicyclic) bond motifs is 2. The fourth-order valence-electron chi connectivity index (χ4n) is 2.76. The first-order chi connectivity index (χ1) is 13.2. The van der Waals surface area contributed by atoms with Crippen molar-refractivity contribution in [2.75, 3.05) is 0 Å². The Morgan fingerprint density at radius 2 is 1.36 bits per heavy atom. The number of hydrogen-bond donors (Lipinski definition) is 0. The van der Waals surface area contributed by atoms with E-state index in [2.05, 4.69) is 36.3 Å². The quantitative estimate of drug-likeness (QED) is 0.421. The number of rotatable bonds is 1. The van der Waals surface area contributed by atoms with Gasteiger partial charge in [0, 0.05) is 16.9 Å². The van der Waals surface area contributed by atoms with E-state index in [1.807, 2.05) is 73.2 Å². The molecule has 1 saturated heterocycles. The maximum absolute atomic E-state index is 6.00. The summed E-state index contributed by atoms with van der Waals surface area (Å²) in [5, 5.41) is 15.4. The number of nitrogens with zero attached hydrogens (tertiary/aromatic N) is 6. The van der Waals surface area contributed by atoms with Gasteiger partial charge in [-0.15, -0.1) is 20.4 Å². The van der Waals surface area contributed by atoms with Crippen LogP contribution in [0.1, 0.15) is 27.7 Å². The highest BCUT2D eigenvalue weighted by Crippen LogP contribution is 2.36. The monoisotopic (exact) mass is 442 g/mol. The van der Waals surface area contributed by atoms with Gasteiger partial charge in [0.1, 0.15) is 12.7 Å². The first-order valence-corrected chi connectivity index (χ1v) is 9.64. The van der Waals surface area contributed by atoms with E-state index in [1.54, 1.807) is 12.7 Å². The van der Waals surface area contributed by atoms with Crippen LogP contribution in [0, 0.1) is 0 Å². The molecule has 0 saturated carbocycles. The molecule has 0 amide bonds. The molecular formula is C18H20BBrN6O2. The first kappa shape index (κ1) is 19.0. The minimum Gasteiger partial charge on any atom is -0.399 e. The Balaban J connectivity index is 0.000000162. The molecular weight excluding hydrogens is 423 g/mol. The third-order valence-corrected chi connectivity index (χ3v) is 5.56. The second-order valence-corrected chi connectivity index (χ2v) is 8.51. The Morgan fingerprint density at radius 1 is 0.821 bits per heavy atom. The average molecular weight is 443 g/mol. The normalized spacial score (nSPS) is 17.7. The molecule has 0 unspecified atom stereocenters.